The third-order valence-electron chi connectivity index (χ3n) is 2.21. The van der Waals surface area contributed by atoms with E-state index in [0.717, 1.165) is 17.6 Å². The molecule has 1 aromatic heterocycles. The predicted octanol–water partition coefficient (Wildman–Crippen LogP) is 1.02. The Morgan fingerprint density at radius 2 is 2.32 bits per heavy atom. The molecule has 4 N–H and O–H groups in total. The number of aromatic nitrogens is 2. The molecule has 0 aliphatic heterocycles. The van der Waals surface area contributed by atoms with E-state index in [1.807, 2.05) is 0 Å². The highest BCUT2D eigenvalue weighted by molar-refractivity contribution is 7.03. The summed E-state index contributed by atoms with van der Waals surface area (Å²) in [5.41, 5.74) is 5.59. The zero-order valence-corrected chi connectivity index (χ0v) is 10.2. The smallest absolute Gasteiger partial charge is 0.277 e. The van der Waals surface area contributed by atoms with Crippen molar-refractivity contribution in [1.82, 2.24) is 9.59 Å². The second kappa shape index (κ2) is 5.40. The average Bonchev–Trinajstić information content (AvgIpc) is 2.94. The number of hydrogen-bond acceptors (Lipinski definition) is 6. The van der Waals surface area contributed by atoms with Crippen molar-refractivity contribution in [2.45, 2.75) is 0 Å². The van der Waals surface area contributed by atoms with E-state index >= 15 is 0 Å². The Hall–Kier alpha value is -2.55. The third kappa shape index (κ3) is 2.83. The fourth-order valence-corrected chi connectivity index (χ4v) is 1.72. The molecule has 0 unspecified atom stereocenters. The summed E-state index contributed by atoms with van der Waals surface area (Å²) in [6.45, 7) is 0. The Bertz CT molecular complexity index is 629. The maximum Gasteiger partial charge on any atom is 0.277 e. The first-order valence-corrected chi connectivity index (χ1v) is 5.81. The normalized spacial score (nSPS) is 11.3. The van der Waals surface area contributed by atoms with Crippen LogP contribution in [0.25, 0.3) is 0 Å². The molecule has 1 aromatic carbocycles. The van der Waals surface area contributed by atoms with Crippen molar-refractivity contribution in [2.75, 3.05) is 5.32 Å². The molecule has 1 heterocycles. The molecular weight excluding hydrogens is 273 g/mol. The van der Waals surface area contributed by atoms with Crippen LogP contribution in [0, 0.1) is 5.82 Å². The first-order chi connectivity index (χ1) is 9.11. The van der Waals surface area contributed by atoms with Crippen LogP contribution in [-0.2, 0) is 0 Å². The van der Waals surface area contributed by atoms with Crippen LogP contribution < -0.4 is 11.1 Å². The van der Waals surface area contributed by atoms with Crippen LogP contribution in [0.2, 0.25) is 0 Å². The highest BCUT2D eigenvalue weighted by atomic mass is 32.1. The third-order valence-corrected chi connectivity index (χ3v) is 2.72. The minimum absolute atomic E-state index is 0.0347. The number of nitrogens with two attached hydrogens (primary N) is 1. The van der Waals surface area contributed by atoms with Gasteiger partial charge in [0.25, 0.3) is 5.91 Å². The van der Waals surface area contributed by atoms with Crippen LogP contribution in [0.3, 0.4) is 0 Å². The summed E-state index contributed by atoms with van der Waals surface area (Å²) in [7, 11) is 0. The van der Waals surface area contributed by atoms with E-state index in [4.69, 9.17) is 10.9 Å². The van der Waals surface area contributed by atoms with E-state index in [2.05, 4.69) is 20.1 Å². The van der Waals surface area contributed by atoms with Gasteiger partial charge in [-0.15, -0.1) is 5.10 Å². The van der Waals surface area contributed by atoms with Gasteiger partial charge in [0.05, 0.1) is 5.69 Å². The summed E-state index contributed by atoms with van der Waals surface area (Å²) in [6, 6.07) is 3.76. The summed E-state index contributed by atoms with van der Waals surface area (Å²) < 4.78 is 17.2. The standard InChI is InChI=1S/C10H8FN5O2S/c11-6-3-5(9(12)15-18)1-2-7(6)13-10(17)8-4-19-16-14-8/h1-4,18H,(H2,12,15)(H,13,17). The number of benzene rings is 1. The molecule has 0 saturated carbocycles. The van der Waals surface area contributed by atoms with Crippen LogP contribution in [0.4, 0.5) is 10.1 Å². The monoisotopic (exact) mass is 281 g/mol. The number of amides is 1. The van der Waals surface area contributed by atoms with Gasteiger partial charge in [-0.2, -0.15) is 0 Å². The largest absolute Gasteiger partial charge is 0.409 e. The van der Waals surface area contributed by atoms with Gasteiger partial charge in [0.1, 0.15) is 5.82 Å². The van der Waals surface area contributed by atoms with Gasteiger partial charge >= 0.3 is 0 Å². The Kier molecular flexibility index (Phi) is 3.66. The van der Waals surface area contributed by atoms with Crippen LogP contribution in [0.1, 0.15) is 16.1 Å². The molecule has 98 valence electrons. The number of carbonyl (C=O) groups excluding carboxylic acids is 1. The van der Waals surface area contributed by atoms with Crippen molar-refractivity contribution in [1.29, 1.82) is 0 Å². The molecule has 0 atom stereocenters. The van der Waals surface area contributed by atoms with Crippen molar-refractivity contribution < 1.29 is 14.4 Å². The molecular formula is C10H8FN5O2S. The summed E-state index contributed by atoms with van der Waals surface area (Å²) in [4.78, 5) is 11.6. The number of rotatable bonds is 3. The van der Waals surface area contributed by atoms with Gasteiger partial charge in [-0.1, -0.05) is 9.64 Å². The lowest BCUT2D eigenvalue weighted by molar-refractivity contribution is 0.102. The molecule has 9 heteroatoms. The van der Waals surface area contributed by atoms with Crippen LogP contribution in [0.15, 0.2) is 28.7 Å². The molecule has 7 nitrogen and oxygen atoms in total. The fourth-order valence-electron chi connectivity index (χ4n) is 1.28. The fraction of sp³-hybridized carbons (Fsp3) is 0. The lowest BCUT2D eigenvalue weighted by Crippen LogP contribution is -2.16. The molecule has 0 spiro atoms. The van der Waals surface area contributed by atoms with Gasteiger partial charge in [0.15, 0.2) is 11.5 Å². The Labute approximate surface area is 110 Å². The maximum atomic E-state index is 13.7. The van der Waals surface area contributed by atoms with Crippen molar-refractivity contribution in [3.8, 4) is 0 Å². The van der Waals surface area contributed by atoms with Crippen molar-refractivity contribution in [2.24, 2.45) is 10.9 Å². The second-order valence-corrected chi connectivity index (χ2v) is 4.03. The summed E-state index contributed by atoms with van der Waals surface area (Å²) in [6.07, 6.45) is 0. The lowest BCUT2D eigenvalue weighted by Gasteiger charge is -2.06. The quantitative estimate of drug-likeness (QED) is 0.336. The summed E-state index contributed by atoms with van der Waals surface area (Å²) in [5, 5.41) is 18.6. The Balaban J connectivity index is 2.20. The highest BCUT2D eigenvalue weighted by Crippen LogP contribution is 2.16. The van der Waals surface area contributed by atoms with E-state index in [1.165, 1.54) is 17.5 Å². The lowest BCUT2D eigenvalue weighted by atomic mass is 10.2. The maximum absolute atomic E-state index is 13.7. The average molecular weight is 281 g/mol. The topological polar surface area (TPSA) is 113 Å². The van der Waals surface area contributed by atoms with Crippen molar-refractivity contribution >= 4 is 29.0 Å². The first-order valence-electron chi connectivity index (χ1n) is 4.97. The van der Waals surface area contributed by atoms with Crippen LogP contribution in [0.5, 0.6) is 0 Å². The number of nitrogens with zero attached hydrogens (tertiary/aromatic N) is 3. The molecule has 2 rings (SSSR count). The summed E-state index contributed by atoms with van der Waals surface area (Å²) in [5.74, 6) is -1.50. The number of oxime groups is 1. The molecule has 0 radical (unpaired) electrons. The van der Waals surface area contributed by atoms with Gasteiger partial charge < -0.3 is 16.3 Å². The molecule has 19 heavy (non-hydrogen) atoms. The zero-order chi connectivity index (χ0) is 13.8. The molecule has 1 amide bonds. The number of anilines is 1. The molecule has 0 aliphatic carbocycles. The molecule has 0 fully saturated rings. The summed E-state index contributed by atoms with van der Waals surface area (Å²) >= 11 is 1.02. The predicted molar refractivity (Wildman–Crippen MR) is 66.8 cm³/mol. The minimum atomic E-state index is -0.708. The van der Waals surface area contributed by atoms with Gasteiger partial charge in [0, 0.05) is 10.9 Å². The number of halogens is 1. The van der Waals surface area contributed by atoms with Gasteiger partial charge in [-0.3, -0.25) is 4.79 Å². The van der Waals surface area contributed by atoms with E-state index in [0.29, 0.717) is 0 Å². The van der Waals surface area contributed by atoms with Crippen LogP contribution in [-0.4, -0.2) is 26.5 Å². The van der Waals surface area contributed by atoms with Gasteiger partial charge in [-0.25, -0.2) is 4.39 Å². The van der Waals surface area contributed by atoms with E-state index in [-0.39, 0.29) is 22.8 Å². The van der Waals surface area contributed by atoms with E-state index in [1.54, 1.807) is 0 Å². The number of nitrogens with one attached hydrogen (secondary N) is 1. The highest BCUT2D eigenvalue weighted by Gasteiger charge is 2.12. The molecule has 0 saturated heterocycles. The van der Waals surface area contributed by atoms with E-state index in [9.17, 15) is 9.18 Å². The number of carbonyl (C=O) groups is 1. The number of amidine groups is 1. The number of hydrogen-bond donors (Lipinski definition) is 3. The molecule has 2 aromatic rings. The first kappa shape index (κ1) is 12.9. The molecule has 0 aliphatic rings. The van der Waals surface area contributed by atoms with Gasteiger partial charge in [0.2, 0.25) is 0 Å². The van der Waals surface area contributed by atoms with Gasteiger partial charge in [-0.05, 0) is 29.7 Å². The van der Waals surface area contributed by atoms with Crippen LogP contribution >= 0.6 is 11.5 Å². The second-order valence-electron chi connectivity index (χ2n) is 3.42. The minimum Gasteiger partial charge on any atom is -0.409 e. The van der Waals surface area contributed by atoms with Crippen molar-refractivity contribution in [3.05, 3.63) is 40.7 Å². The Morgan fingerprint density at radius 3 is 2.89 bits per heavy atom. The van der Waals surface area contributed by atoms with E-state index < -0.39 is 11.7 Å². The SMILES string of the molecule is N/C(=N/O)c1ccc(NC(=O)c2csnn2)c(F)c1. The van der Waals surface area contributed by atoms with Crippen molar-refractivity contribution in [3.63, 3.8) is 0 Å². The Morgan fingerprint density at radius 1 is 1.53 bits per heavy atom. The molecule has 0 bridgehead atoms. The zero-order valence-electron chi connectivity index (χ0n) is 9.37.